The van der Waals surface area contributed by atoms with Crippen LogP contribution >= 0.6 is 0 Å². The van der Waals surface area contributed by atoms with E-state index in [1.54, 1.807) is 17.2 Å². The number of nitrogens with zero attached hydrogens (tertiary/aromatic N) is 2. The number of ether oxygens (including phenoxy) is 3. The van der Waals surface area contributed by atoms with Gasteiger partial charge in [-0.25, -0.2) is 0 Å². The van der Waals surface area contributed by atoms with E-state index in [0.717, 1.165) is 18.5 Å². The van der Waals surface area contributed by atoms with Crippen molar-refractivity contribution in [2.75, 3.05) is 33.4 Å². The largest absolute Gasteiger partial charge is 0.522 e. The molecule has 0 radical (unpaired) electrons. The van der Waals surface area contributed by atoms with E-state index in [-0.39, 0.29) is 24.0 Å². The first kappa shape index (κ1) is 21.9. The number of amides is 1. The third kappa shape index (κ3) is 5.85. The minimum atomic E-state index is -4.70. The second-order valence-corrected chi connectivity index (χ2v) is 6.83. The molecule has 1 saturated heterocycles. The predicted molar refractivity (Wildman–Crippen MR) is 103 cm³/mol. The Balaban J connectivity index is 1.57. The zero-order valence-electron chi connectivity index (χ0n) is 16.5. The summed E-state index contributed by atoms with van der Waals surface area (Å²) in [5.74, 6) is 0.726. The Hall–Kier alpha value is -2.81. The van der Waals surface area contributed by atoms with Crippen LogP contribution in [0.1, 0.15) is 34.8 Å². The molecule has 0 spiro atoms. The lowest BCUT2D eigenvalue weighted by atomic mass is 9.92. The van der Waals surface area contributed by atoms with Crippen LogP contribution in [0.3, 0.4) is 0 Å². The number of hydrogen-bond acceptors (Lipinski definition) is 5. The maximum atomic E-state index is 12.9. The van der Waals surface area contributed by atoms with Crippen molar-refractivity contribution in [3.05, 3.63) is 53.9 Å². The standard InChI is InChI=1S/C21H23F3N2O4/c1-28-19-14-16(5-6-18(19)29-12-13-30-21(22,23)24)20(27)26-10-7-15(8-11-26)17-4-2-3-9-25-17/h2-6,9,14-15H,7-8,10-13H2,1H3. The fraction of sp³-hybridized carbons (Fsp3) is 0.429. The molecule has 0 N–H and O–H groups in total. The van der Waals surface area contributed by atoms with Gasteiger partial charge in [0.05, 0.1) is 13.7 Å². The molecule has 1 aromatic carbocycles. The number of aromatic nitrogens is 1. The number of benzene rings is 1. The molecule has 1 amide bonds. The zero-order chi connectivity index (χ0) is 21.6. The monoisotopic (exact) mass is 424 g/mol. The van der Waals surface area contributed by atoms with Crippen LogP contribution < -0.4 is 9.47 Å². The summed E-state index contributed by atoms with van der Waals surface area (Å²) in [4.78, 5) is 19.0. The molecular formula is C21H23F3N2O4. The molecule has 162 valence electrons. The molecule has 0 unspecified atom stereocenters. The number of carbonyl (C=O) groups excluding carboxylic acids is 1. The molecular weight excluding hydrogens is 401 g/mol. The number of carbonyl (C=O) groups is 1. The van der Waals surface area contributed by atoms with Crippen molar-refractivity contribution in [2.24, 2.45) is 0 Å². The minimum absolute atomic E-state index is 0.125. The first-order chi connectivity index (χ1) is 14.4. The summed E-state index contributed by atoms with van der Waals surface area (Å²) in [5, 5.41) is 0. The molecule has 2 heterocycles. The van der Waals surface area contributed by atoms with Crippen molar-refractivity contribution < 1.29 is 32.2 Å². The van der Waals surface area contributed by atoms with Crippen LogP contribution in [0.5, 0.6) is 11.5 Å². The summed E-state index contributed by atoms with van der Waals surface area (Å²) in [5.41, 5.74) is 1.48. The molecule has 1 aliphatic heterocycles. The fourth-order valence-corrected chi connectivity index (χ4v) is 3.41. The number of rotatable bonds is 7. The van der Waals surface area contributed by atoms with Crippen LogP contribution in [0.2, 0.25) is 0 Å². The highest BCUT2D eigenvalue weighted by molar-refractivity contribution is 5.95. The van der Waals surface area contributed by atoms with Gasteiger partial charge in [-0.05, 0) is 43.2 Å². The molecule has 2 aromatic rings. The van der Waals surface area contributed by atoms with Crippen molar-refractivity contribution >= 4 is 5.91 Å². The van der Waals surface area contributed by atoms with Crippen molar-refractivity contribution in [1.29, 1.82) is 0 Å². The SMILES string of the molecule is COc1cc(C(=O)N2CCC(c3ccccn3)CC2)ccc1OCCOC(F)(F)F. The topological polar surface area (TPSA) is 60.9 Å². The molecule has 0 bridgehead atoms. The molecule has 30 heavy (non-hydrogen) atoms. The number of halogens is 3. The van der Waals surface area contributed by atoms with Gasteiger partial charge in [-0.1, -0.05) is 6.07 Å². The van der Waals surface area contributed by atoms with Gasteiger partial charge in [-0.15, -0.1) is 13.2 Å². The summed E-state index contributed by atoms with van der Waals surface area (Å²) >= 11 is 0. The lowest BCUT2D eigenvalue weighted by Crippen LogP contribution is -2.38. The molecule has 1 aliphatic rings. The van der Waals surface area contributed by atoms with Gasteiger partial charge in [0.15, 0.2) is 11.5 Å². The fourth-order valence-electron chi connectivity index (χ4n) is 3.41. The zero-order valence-corrected chi connectivity index (χ0v) is 16.5. The molecule has 3 rings (SSSR count). The minimum Gasteiger partial charge on any atom is -0.493 e. The number of hydrogen-bond donors (Lipinski definition) is 0. The van der Waals surface area contributed by atoms with Gasteiger partial charge in [0.25, 0.3) is 5.91 Å². The van der Waals surface area contributed by atoms with Gasteiger partial charge >= 0.3 is 6.36 Å². The molecule has 9 heteroatoms. The number of likely N-dealkylation sites (tertiary alicyclic amines) is 1. The van der Waals surface area contributed by atoms with E-state index in [1.807, 2.05) is 18.2 Å². The van der Waals surface area contributed by atoms with E-state index in [4.69, 9.17) is 9.47 Å². The Morgan fingerprint density at radius 2 is 1.90 bits per heavy atom. The third-order valence-electron chi connectivity index (χ3n) is 4.91. The number of pyridine rings is 1. The van der Waals surface area contributed by atoms with E-state index >= 15 is 0 Å². The lowest BCUT2D eigenvalue weighted by Gasteiger charge is -2.32. The van der Waals surface area contributed by atoms with Gasteiger partial charge in [0, 0.05) is 36.5 Å². The van der Waals surface area contributed by atoms with Crippen LogP contribution in [-0.4, -0.2) is 55.6 Å². The van der Waals surface area contributed by atoms with Crippen LogP contribution in [0.25, 0.3) is 0 Å². The molecule has 0 aliphatic carbocycles. The van der Waals surface area contributed by atoms with E-state index in [2.05, 4.69) is 9.72 Å². The predicted octanol–water partition coefficient (Wildman–Crippen LogP) is 4.03. The Labute approximate surface area is 172 Å². The summed E-state index contributed by atoms with van der Waals surface area (Å²) in [6.45, 7) is 0.299. The Kier molecular flexibility index (Phi) is 7.15. The van der Waals surface area contributed by atoms with Crippen molar-refractivity contribution in [3.63, 3.8) is 0 Å². The molecule has 6 nitrogen and oxygen atoms in total. The second kappa shape index (κ2) is 9.80. The number of piperidine rings is 1. The number of alkyl halides is 3. The summed E-state index contributed by atoms with van der Waals surface area (Å²) in [6, 6.07) is 10.5. The third-order valence-corrected chi connectivity index (χ3v) is 4.91. The Bertz CT molecular complexity index is 838. The highest BCUT2D eigenvalue weighted by Crippen LogP contribution is 2.31. The van der Waals surface area contributed by atoms with Crippen molar-refractivity contribution in [1.82, 2.24) is 9.88 Å². The molecule has 0 saturated carbocycles. The quantitative estimate of drug-likeness (QED) is 0.629. The normalized spacial score (nSPS) is 15.1. The highest BCUT2D eigenvalue weighted by Gasteiger charge is 2.29. The van der Waals surface area contributed by atoms with E-state index in [0.29, 0.717) is 24.6 Å². The van der Waals surface area contributed by atoms with E-state index < -0.39 is 13.0 Å². The van der Waals surface area contributed by atoms with Crippen LogP contribution in [-0.2, 0) is 4.74 Å². The molecule has 0 atom stereocenters. The molecule has 1 fully saturated rings. The van der Waals surface area contributed by atoms with Gasteiger partial charge in [-0.3, -0.25) is 14.5 Å². The summed E-state index contributed by atoms with van der Waals surface area (Å²) < 4.78 is 50.2. The average molecular weight is 424 g/mol. The van der Waals surface area contributed by atoms with Crippen LogP contribution in [0, 0.1) is 0 Å². The average Bonchev–Trinajstić information content (AvgIpc) is 2.76. The Morgan fingerprint density at radius 1 is 1.13 bits per heavy atom. The first-order valence-corrected chi connectivity index (χ1v) is 9.59. The highest BCUT2D eigenvalue weighted by atomic mass is 19.4. The van der Waals surface area contributed by atoms with E-state index in [9.17, 15) is 18.0 Å². The van der Waals surface area contributed by atoms with Crippen LogP contribution in [0.15, 0.2) is 42.6 Å². The molecule has 1 aromatic heterocycles. The van der Waals surface area contributed by atoms with E-state index in [1.165, 1.54) is 19.2 Å². The summed E-state index contributed by atoms with van der Waals surface area (Å²) in [7, 11) is 1.40. The second-order valence-electron chi connectivity index (χ2n) is 6.83. The van der Waals surface area contributed by atoms with Crippen molar-refractivity contribution in [3.8, 4) is 11.5 Å². The van der Waals surface area contributed by atoms with Gasteiger partial charge in [0.2, 0.25) is 0 Å². The van der Waals surface area contributed by atoms with Crippen molar-refractivity contribution in [2.45, 2.75) is 25.1 Å². The van der Waals surface area contributed by atoms with Crippen LogP contribution in [0.4, 0.5) is 13.2 Å². The first-order valence-electron chi connectivity index (χ1n) is 9.59. The van der Waals surface area contributed by atoms with Gasteiger partial charge in [-0.2, -0.15) is 0 Å². The Morgan fingerprint density at radius 3 is 2.53 bits per heavy atom. The maximum absolute atomic E-state index is 12.9. The summed E-state index contributed by atoms with van der Waals surface area (Å²) in [6.07, 6.45) is -1.26. The van der Waals surface area contributed by atoms with Gasteiger partial charge < -0.3 is 14.4 Å². The van der Waals surface area contributed by atoms with Gasteiger partial charge in [0.1, 0.15) is 6.61 Å². The number of methoxy groups -OCH3 is 1. The smallest absolute Gasteiger partial charge is 0.493 e. The maximum Gasteiger partial charge on any atom is 0.522 e. The lowest BCUT2D eigenvalue weighted by molar-refractivity contribution is -0.325.